The minimum Gasteiger partial charge on any atom is -0.459 e. The number of hydrogen-bond donors (Lipinski definition) is 2. The highest BCUT2D eigenvalue weighted by atomic mass is 79.9. The normalized spacial score (nSPS) is 12.8. The zero-order valence-corrected chi connectivity index (χ0v) is 13.7. The molecule has 0 fully saturated rings. The number of rotatable bonds is 3. The van der Waals surface area contributed by atoms with E-state index in [4.69, 9.17) is 21.9 Å². The number of furan rings is 1. The van der Waals surface area contributed by atoms with Gasteiger partial charge in [0.05, 0.1) is 5.02 Å². The molecule has 1 unspecified atom stereocenters. The molecule has 108 valence electrons. The molecule has 0 saturated heterocycles. The monoisotopic (exact) mass is 364 g/mol. The molecule has 0 saturated carbocycles. The van der Waals surface area contributed by atoms with Crippen molar-refractivity contribution >= 4 is 38.5 Å². The lowest BCUT2D eigenvalue weighted by Gasteiger charge is -2.14. The van der Waals surface area contributed by atoms with Gasteiger partial charge in [-0.05, 0) is 52.2 Å². The van der Waals surface area contributed by atoms with E-state index in [1.807, 2.05) is 49.4 Å². The van der Waals surface area contributed by atoms with E-state index in [2.05, 4.69) is 21.4 Å². The summed E-state index contributed by atoms with van der Waals surface area (Å²) in [4.78, 5) is 0. The summed E-state index contributed by atoms with van der Waals surface area (Å²) in [6.45, 7) is 2.02. The molecule has 1 heterocycles. The van der Waals surface area contributed by atoms with Crippen molar-refractivity contribution < 1.29 is 4.42 Å². The van der Waals surface area contributed by atoms with Crippen LogP contribution in [0.15, 0.2) is 51.4 Å². The molecule has 1 aromatic heterocycles. The van der Waals surface area contributed by atoms with Crippen LogP contribution in [-0.4, -0.2) is 0 Å². The summed E-state index contributed by atoms with van der Waals surface area (Å²) >= 11 is 9.55. The second-order valence-electron chi connectivity index (χ2n) is 4.92. The van der Waals surface area contributed by atoms with Gasteiger partial charge >= 0.3 is 0 Å². The molecule has 3 N–H and O–H groups in total. The van der Waals surface area contributed by atoms with Crippen LogP contribution in [-0.2, 0) is 0 Å². The fourth-order valence-electron chi connectivity index (χ4n) is 2.41. The number of hydrogen-bond acceptors (Lipinski definition) is 3. The first-order valence-electron chi connectivity index (χ1n) is 6.50. The molecule has 3 aromatic rings. The van der Waals surface area contributed by atoms with Crippen LogP contribution in [0.5, 0.6) is 0 Å². The molecule has 1 atom stereocenters. The van der Waals surface area contributed by atoms with E-state index in [1.54, 1.807) is 0 Å². The topological polar surface area (TPSA) is 51.2 Å². The molecule has 0 aliphatic carbocycles. The first-order valence-corrected chi connectivity index (χ1v) is 7.67. The van der Waals surface area contributed by atoms with Crippen molar-refractivity contribution in [3.63, 3.8) is 0 Å². The molecule has 0 radical (unpaired) electrons. The third kappa shape index (κ3) is 2.72. The first-order chi connectivity index (χ1) is 10.1. The second kappa shape index (κ2) is 5.81. The average Bonchev–Trinajstić information content (AvgIpc) is 2.89. The SMILES string of the molecule is Cc1cccc2cc(C(NN)c3ccc(Br)c(Cl)c3)oc12. The summed E-state index contributed by atoms with van der Waals surface area (Å²) < 4.78 is 6.83. The minimum absolute atomic E-state index is 0.248. The molecule has 3 rings (SSSR count). The van der Waals surface area contributed by atoms with Crippen LogP contribution in [0.4, 0.5) is 0 Å². The van der Waals surface area contributed by atoms with E-state index >= 15 is 0 Å². The van der Waals surface area contributed by atoms with Crippen molar-refractivity contribution in [2.45, 2.75) is 13.0 Å². The molecule has 21 heavy (non-hydrogen) atoms. The quantitative estimate of drug-likeness (QED) is 0.522. The smallest absolute Gasteiger partial charge is 0.137 e. The molecule has 3 nitrogen and oxygen atoms in total. The van der Waals surface area contributed by atoms with Crippen LogP contribution in [0.1, 0.15) is 22.9 Å². The van der Waals surface area contributed by atoms with Gasteiger partial charge in [-0.15, -0.1) is 0 Å². The van der Waals surface area contributed by atoms with Crippen LogP contribution < -0.4 is 11.3 Å². The van der Waals surface area contributed by atoms with Crippen LogP contribution in [0.3, 0.4) is 0 Å². The summed E-state index contributed by atoms with van der Waals surface area (Å²) in [5, 5.41) is 1.70. The second-order valence-corrected chi connectivity index (χ2v) is 6.18. The number of aryl methyl sites for hydroxylation is 1. The van der Waals surface area contributed by atoms with Gasteiger partial charge in [-0.2, -0.15) is 0 Å². The van der Waals surface area contributed by atoms with Crippen LogP contribution in [0.25, 0.3) is 11.0 Å². The van der Waals surface area contributed by atoms with Gasteiger partial charge in [-0.3, -0.25) is 5.84 Å². The highest BCUT2D eigenvalue weighted by molar-refractivity contribution is 9.10. The Morgan fingerprint density at radius 1 is 1.24 bits per heavy atom. The van der Waals surface area contributed by atoms with Crippen molar-refractivity contribution in [3.8, 4) is 0 Å². The van der Waals surface area contributed by atoms with Gasteiger partial charge in [0.15, 0.2) is 0 Å². The van der Waals surface area contributed by atoms with Gasteiger partial charge in [0.1, 0.15) is 17.4 Å². The van der Waals surface area contributed by atoms with E-state index in [0.717, 1.165) is 32.3 Å². The van der Waals surface area contributed by atoms with E-state index in [-0.39, 0.29) is 6.04 Å². The number of fused-ring (bicyclic) bond motifs is 1. The van der Waals surface area contributed by atoms with Crippen molar-refractivity contribution in [2.75, 3.05) is 0 Å². The lowest BCUT2D eigenvalue weighted by atomic mass is 10.0. The van der Waals surface area contributed by atoms with Crippen molar-refractivity contribution in [3.05, 3.63) is 68.8 Å². The predicted octanol–water partition coefficient (Wildman–Crippen LogP) is 4.71. The summed E-state index contributed by atoms with van der Waals surface area (Å²) in [7, 11) is 0. The summed E-state index contributed by atoms with van der Waals surface area (Å²) in [5.74, 6) is 6.48. The molecular weight excluding hydrogens is 352 g/mol. The molecule has 0 spiro atoms. The standard InChI is InChI=1S/C16H14BrClN2O/c1-9-3-2-4-11-8-14(21-16(9)11)15(20-19)10-5-6-12(17)13(18)7-10/h2-8,15,20H,19H2,1H3. The van der Waals surface area contributed by atoms with Crippen LogP contribution >= 0.6 is 27.5 Å². The molecule has 5 heteroatoms. The lowest BCUT2D eigenvalue weighted by molar-refractivity contribution is 0.476. The number of para-hydroxylation sites is 1. The van der Waals surface area contributed by atoms with E-state index in [9.17, 15) is 0 Å². The molecule has 2 aromatic carbocycles. The molecule has 0 aliphatic heterocycles. The molecule has 0 aliphatic rings. The molecule has 0 amide bonds. The molecular formula is C16H14BrClN2O. The average molecular weight is 366 g/mol. The van der Waals surface area contributed by atoms with Gasteiger partial charge in [-0.1, -0.05) is 35.9 Å². The lowest BCUT2D eigenvalue weighted by Crippen LogP contribution is -2.28. The van der Waals surface area contributed by atoms with Gasteiger partial charge < -0.3 is 4.42 Å². The van der Waals surface area contributed by atoms with Gasteiger partial charge in [0.25, 0.3) is 0 Å². The summed E-state index contributed by atoms with van der Waals surface area (Å²) in [6.07, 6.45) is 0. The first kappa shape index (κ1) is 14.6. The number of nitrogens with two attached hydrogens (primary N) is 1. The van der Waals surface area contributed by atoms with E-state index in [1.165, 1.54) is 0 Å². The minimum atomic E-state index is -0.248. The Bertz CT molecular complexity index is 800. The van der Waals surface area contributed by atoms with Gasteiger partial charge in [-0.25, -0.2) is 5.43 Å². The zero-order valence-electron chi connectivity index (χ0n) is 11.4. The Morgan fingerprint density at radius 2 is 2.05 bits per heavy atom. The zero-order chi connectivity index (χ0) is 15.0. The van der Waals surface area contributed by atoms with E-state index < -0.39 is 0 Å². The Hall–Kier alpha value is -1.33. The third-order valence-corrected chi connectivity index (χ3v) is 4.72. The number of nitrogens with one attached hydrogen (secondary N) is 1. The van der Waals surface area contributed by atoms with Crippen molar-refractivity contribution in [2.24, 2.45) is 5.84 Å². The Balaban J connectivity index is 2.09. The Kier molecular flexibility index (Phi) is 4.04. The number of benzene rings is 2. The van der Waals surface area contributed by atoms with E-state index in [0.29, 0.717) is 5.02 Å². The number of halogens is 2. The maximum Gasteiger partial charge on any atom is 0.137 e. The summed E-state index contributed by atoms with van der Waals surface area (Å²) in [6, 6.07) is 13.5. The highest BCUT2D eigenvalue weighted by Crippen LogP contribution is 2.32. The molecule has 0 bridgehead atoms. The largest absolute Gasteiger partial charge is 0.459 e. The van der Waals surface area contributed by atoms with Gasteiger partial charge in [0.2, 0.25) is 0 Å². The fraction of sp³-hybridized carbons (Fsp3) is 0.125. The maximum absolute atomic E-state index is 6.16. The van der Waals surface area contributed by atoms with Gasteiger partial charge in [0, 0.05) is 9.86 Å². The van der Waals surface area contributed by atoms with Crippen LogP contribution in [0, 0.1) is 6.92 Å². The third-order valence-electron chi connectivity index (χ3n) is 3.49. The van der Waals surface area contributed by atoms with Crippen molar-refractivity contribution in [1.29, 1.82) is 0 Å². The van der Waals surface area contributed by atoms with Crippen LogP contribution in [0.2, 0.25) is 5.02 Å². The van der Waals surface area contributed by atoms with Crippen molar-refractivity contribution in [1.82, 2.24) is 5.43 Å². The fourth-order valence-corrected chi connectivity index (χ4v) is 2.84. The maximum atomic E-state index is 6.16. The highest BCUT2D eigenvalue weighted by Gasteiger charge is 2.18. The summed E-state index contributed by atoms with van der Waals surface area (Å²) in [5.41, 5.74) is 5.73. The number of hydrazine groups is 1. The Morgan fingerprint density at radius 3 is 2.71 bits per heavy atom. The predicted molar refractivity (Wildman–Crippen MR) is 89.3 cm³/mol. The Labute approximate surface area is 136 Å².